The van der Waals surface area contributed by atoms with Gasteiger partial charge in [-0.05, 0) is 36.6 Å². The second kappa shape index (κ2) is 5.61. The topological polar surface area (TPSA) is 46.5 Å². The van der Waals surface area contributed by atoms with Crippen molar-refractivity contribution in [1.29, 1.82) is 0 Å². The highest BCUT2D eigenvalue weighted by Crippen LogP contribution is 2.40. The van der Waals surface area contributed by atoms with Crippen molar-refractivity contribution in [1.82, 2.24) is 0 Å². The van der Waals surface area contributed by atoms with Crippen molar-refractivity contribution < 1.29 is 19.0 Å². The number of halogens is 2. The second-order valence-electron chi connectivity index (χ2n) is 5.37. The molecule has 0 fully saturated rings. The van der Waals surface area contributed by atoms with Crippen molar-refractivity contribution in [3.8, 4) is 5.75 Å². The van der Waals surface area contributed by atoms with E-state index in [1.165, 1.54) is 18.2 Å². The van der Waals surface area contributed by atoms with Crippen LogP contribution < -0.4 is 4.74 Å². The highest BCUT2D eigenvalue weighted by atomic mass is 35.5. The molecule has 1 aliphatic rings. The lowest BCUT2D eigenvalue weighted by Crippen LogP contribution is -2.18. The van der Waals surface area contributed by atoms with E-state index in [-0.39, 0.29) is 17.3 Å². The number of hydrogen-bond donors (Lipinski definition) is 1. The molecule has 0 saturated heterocycles. The molecular formula is C17H14ClFO3. The number of carboxylic acid groups (broad SMARTS) is 1. The Morgan fingerprint density at radius 1 is 1.32 bits per heavy atom. The molecule has 0 saturated carbocycles. The van der Waals surface area contributed by atoms with Gasteiger partial charge in [-0.3, -0.25) is 0 Å². The zero-order valence-corrected chi connectivity index (χ0v) is 12.7. The quantitative estimate of drug-likeness (QED) is 0.892. The molecule has 1 atom stereocenters. The van der Waals surface area contributed by atoms with Gasteiger partial charge in [0.2, 0.25) is 0 Å². The first-order valence-corrected chi connectivity index (χ1v) is 7.30. The summed E-state index contributed by atoms with van der Waals surface area (Å²) >= 11 is 6.05. The molecule has 3 rings (SSSR count). The third kappa shape index (κ3) is 2.55. The van der Waals surface area contributed by atoms with E-state index < -0.39 is 5.97 Å². The SMILES string of the molecule is Cc1cc(C2CCOc3cc(F)ccc32)c(C(=O)O)cc1Cl. The van der Waals surface area contributed by atoms with Crippen LogP contribution >= 0.6 is 11.6 Å². The van der Waals surface area contributed by atoms with Gasteiger partial charge in [0.25, 0.3) is 0 Å². The molecule has 5 heteroatoms. The van der Waals surface area contributed by atoms with Crippen LogP contribution in [0.25, 0.3) is 0 Å². The van der Waals surface area contributed by atoms with Crippen LogP contribution in [-0.4, -0.2) is 17.7 Å². The van der Waals surface area contributed by atoms with E-state index >= 15 is 0 Å². The zero-order valence-electron chi connectivity index (χ0n) is 11.9. The molecule has 2 aromatic rings. The minimum Gasteiger partial charge on any atom is -0.493 e. The summed E-state index contributed by atoms with van der Waals surface area (Å²) in [5, 5.41) is 9.88. The standard InChI is InChI=1S/C17H14ClFO3/c1-9-6-13(14(17(20)21)8-15(9)18)11-4-5-22-16-7-10(19)2-3-12(11)16/h2-3,6-8,11H,4-5H2,1H3,(H,20,21). The lowest BCUT2D eigenvalue weighted by molar-refractivity contribution is 0.0695. The third-order valence-corrected chi connectivity index (χ3v) is 4.36. The van der Waals surface area contributed by atoms with Crippen LogP contribution in [0.1, 0.15) is 39.4 Å². The number of carboxylic acids is 1. The molecular weight excluding hydrogens is 307 g/mol. The van der Waals surface area contributed by atoms with Crippen LogP contribution in [0, 0.1) is 12.7 Å². The Morgan fingerprint density at radius 2 is 2.09 bits per heavy atom. The summed E-state index contributed by atoms with van der Waals surface area (Å²) < 4.78 is 18.9. The molecule has 1 aliphatic heterocycles. The van der Waals surface area contributed by atoms with Gasteiger partial charge in [-0.2, -0.15) is 0 Å². The van der Waals surface area contributed by atoms with Crippen LogP contribution in [0.2, 0.25) is 5.02 Å². The Bertz CT molecular complexity index is 758. The average molecular weight is 321 g/mol. The fourth-order valence-corrected chi connectivity index (χ4v) is 3.03. The number of aryl methyl sites for hydroxylation is 1. The molecule has 0 bridgehead atoms. The van der Waals surface area contributed by atoms with Gasteiger partial charge in [-0.1, -0.05) is 23.7 Å². The summed E-state index contributed by atoms with van der Waals surface area (Å²) in [5.41, 5.74) is 2.48. The highest BCUT2D eigenvalue weighted by Gasteiger charge is 2.27. The van der Waals surface area contributed by atoms with Crippen molar-refractivity contribution in [2.24, 2.45) is 0 Å². The summed E-state index contributed by atoms with van der Waals surface area (Å²) in [6.07, 6.45) is 0.639. The van der Waals surface area contributed by atoms with Crippen LogP contribution in [0.5, 0.6) is 5.75 Å². The number of benzene rings is 2. The normalized spacial score (nSPS) is 16.8. The smallest absolute Gasteiger partial charge is 0.336 e. The largest absolute Gasteiger partial charge is 0.493 e. The lowest BCUT2D eigenvalue weighted by Gasteiger charge is -2.27. The first-order valence-electron chi connectivity index (χ1n) is 6.93. The van der Waals surface area contributed by atoms with E-state index in [9.17, 15) is 14.3 Å². The van der Waals surface area contributed by atoms with Gasteiger partial charge in [-0.15, -0.1) is 0 Å². The number of hydrogen-bond acceptors (Lipinski definition) is 2. The molecule has 0 radical (unpaired) electrons. The molecule has 0 amide bonds. The van der Waals surface area contributed by atoms with Gasteiger partial charge in [0.1, 0.15) is 11.6 Å². The Hall–Kier alpha value is -2.07. The van der Waals surface area contributed by atoms with Gasteiger partial charge in [0.15, 0.2) is 0 Å². The average Bonchev–Trinajstić information content (AvgIpc) is 2.48. The van der Waals surface area contributed by atoms with E-state index in [0.29, 0.717) is 29.4 Å². The van der Waals surface area contributed by atoms with E-state index in [4.69, 9.17) is 16.3 Å². The van der Waals surface area contributed by atoms with Gasteiger partial charge < -0.3 is 9.84 Å². The maximum Gasteiger partial charge on any atom is 0.336 e. The third-order valence-electron chi connectivity index (χ3n) is 3.95. The molecule has 2 aromatic carbocycles. The fourth-order valence-electron chi connectivity index (χ4n) is 2.86. The number of carbonyl (C=O) groups is 1. The van der Waals surface area contributed by atoms with Gasteiger partial charge >= 0.3 is 5.97 Å². The van der Waals surface area contributed by atoms with Crippen molar-refractivity contribution in [2.45, 2.75) is 19.3 Å². The van der Waals surface area contributed by atoms with Crippen LogP contribution in [-0.2, 0) is 0 Å². The van der Waals surface area contributed by atoms with Gasteiger partial charge in [0.05, 0.1) is 12.2 Å². The number of rotatable bonds is 2. The fraction of sp³-hybridized carbons (Fsp3) is 0.235. The van der Waals surface area contributed by atoms with Crippen LogP contribution in [0.15, 0.2) is 30.3 Å². The Kier molecular flexibility index (Phi) is 3.79. The highest BCUT2D eigenvalue weighted by molar-refractivity contribution is 6.31. The molecule has 3 nitrogen and oxygen atoms in total. The predicted octanol–water partition coefficient (Wildman–Crippen LogP) is 4.40. The summed E-state index contributed by atoms with van der Waals surface area (Å²) in [6, 6.07) is 7.64. The van der Waals surface area contributed by atoms with Crippen LogP contribution in [0.4, 0.5) is 4.39 Å². The number of ether oxygens (including phenoxy) is 1. The molecule has 1 unspecified atom stereocenters. The lowest BCUT2D eigenvalue weighted by atomic mass is 9.83. The van der Waals surface area contributed by atoms with Crippen molar-refractivity contribution >= 4 is 17.6 Å². The molecule has 114 valence electrons. The maximum absolute atomic E-state index is 13.4. The molecule has 22 heavy (non-hydrogen) atoms. The summed E-state index contributed by atoms with van der Waals surface area (Å²) in [4.78, 5) is 11.5. The number of aromatic carboxylic acids is 1. The van der Waals surface area contributed by atoms with Gasteiger partial charge in [0, 0.05) is 22.6 Å². The first kappa shape index (κ1) is 14.9. The summed E-state index contributed by atoms with van der Waals surface area (Å²) in [7, 11) is 0. The molecule has 1 heterocycles. The summed E-state index contributed by atoms with van der Waals surface area (Å²) in [5.74, 6) is -1.07. The predicted molar refractivity (Wildman–Crippen MR) is 81.5 cm³/mol. The maximum atomic E-state index is 13.4. The minimum atomic E-state index is -1.02. The second-order valence-corrected chi connectivity index (χ2v) is 5.77. The Morgan fingerprint density at radius 3 is 2.82 bits per heavy atom. The van der Waals surface area contributed by atoms with Crippen molar-refractivity contribution in [3.05, 3.63) is 63.4 Å². The minimum absolute atomic E-state index is 0.147. The molecule has 1 N–H and O–H groups in total. The van der Waals surface area contributed by atoms with E-state index in [0.717, 1.165) is 11.1 Å². The zero-order chi connectivity index (χ0) is 15.9. The van der Waals surface area contributed by atoms with Crippen LogP contribution in [0.3, 0.4) is 0 Å². The number of fused-ring (bicyclic) bond motifs is 1. The van der Waals surface area contributed by atoms with E-state index in [1.807, 2.05) is 6.92 Å². The summed E-state index contributed by atoms with van der Waals surface area (Å²) in [6.45, 7) is 2.25. The Balaban J connectivity index is 2.17. The molecule has 0 aliphatic carbocycles. The molecule has 0 aromatic heterocycles. The Labute approximate surface area is 132 Å². The monoisotopic (exact) mass is 320 g/mol. The van der Waals surface area contributed by atoms with E-state index in [2.05, 4.69) is 0 Å². The van der Waals surface area contributed by atoms with Crippen molar-refractivity contribution in [2.75, 3.05) is 6.61 Å². The van der Waals surface area contributed by atoms with Crippen molar-refractivity contribution in [3.63, 3.8) is 0 Å². The molecule has 0 spiro atoms. The first-order chi connectivity index (χ1) is 10.5. The van der Waals surface area contributed by atoms with E-state index in [1.54, 1.807) is 12.1 Å². The van der Waals surface area contributed by atoms with Gasteiger partial charge in [-0.25, -0.2) is 9.18 Å².